The molecule has 4 nitrogen and oxygen atoms in total. The Balaban J connectivity index is 1.84. The second-order valence-corrected chi connectivity index (χ2v) is 4.57. The van der Waals surface area contributed by atoms with Crippen LogP contribution >= 0.6 is 0 Å². The minimum atomic E-state index is -0.788. The van der Waals surface area contributed by atoms with E-state index in [9.17, 15) is 14.3 Å². The van der Waals surface area contributed by atoms with E-state index in [4.69, 9.17) is 4.74 Å². The lowest BCUT2D eigenvalue weighted by molar-refractivity contribution is -0.123. The van der Waals surface area contributed by atoms with Crippen LogP contribution in [0.3, 0.4) is 0 Å². The monoisotopic (exact) mass is 273 g/mol. The molecule has 0 aromatic heterocycles. The Morgan fingerprint density at radius 1 is 1.25 bits per heavy atom. The van der Waals surface area contributed by atoms with Crippen LogP contribution in [-0.2, 0) is 11.2 Å². The maximum absolute atomic E-state index is 13.6. The SMILES string of the molecule is O=C1Nc2cc(O)ccc2OC1Cc1ccccc1F. The topological polar surface area (TPSA) is 58.6 Å². The number of halogens is 1. The molecule has 0 fully saturated rings. The zero-order chi connectivity index (χ0) is 14.1. The average molecular weight is 273 g/mol. The first-order chi connectivity index (χ1) is 9.63. The molecule has 1 heterocycles. The lowest BCUT2D eigenvalue weighted by atomic mass is 10.1. The number of carbonyl (C=O) groups excluding carboxylic acids is 1. The maximum Gasteiger partial charge on any atom is 0.265 e. The van der Waals surface area contributed by atoms with E-state index >= 15 is 0 Å². The van der Waals surface area contributed by atoms with Gasteiger partial charge in [-0.3, -0.25) is 4.79 Å². The van der Waals surface area contributed by atoms with Crippen molar-refractivity contribution in [3.8, 4) is 11.5 Å². The van der Waals surface area contributed by atoms with Crippen LogP contribution in [0.25, 0.3) is 0 Å². The van der Waals surface area contributed by atoms with Crippen LogP contribution in [0.4, 0.5) is 10.1 Å². The third kappa shape index (κ3) is 2.30. The lowest BCUT2D eigenvalue weighted by Crippen LogP contribution is -2.38. The van der Waals surface area contributed by atoms with E-state index in [0.29, 0.717) is 17.0 Å². The summed E-state index contributed by atoms with van der Waals surface area (Å²) < 4.78 is 19.2. The van der Waals surface area contributed by atoms with Crippen LogP contribution in [0.2, 0.25) is 0 Å². The number of ether oxygens (including phenoxy) is 1. The minimum absolute atomic E-state index is 0.0419. The van der Waals surface area contributed by atoms with Crippen molar-refractivity contribution in [2.75, 3.05) is 5.32 Å². The molecule has 0 saturated heterocycles. The highest BCUT2D eigenvalue weighted by Gasteiger charge is 2.28. The molecule has 2 aromatic carbocycles. The van der Waals surface area contributed by atoms with Crippen LogP contribution < -0.4 is 10.1 Å². The van der Waals surface area contributed by atoms with Gasteiger partial charge in [-0.2, -0.15) is 0 Å². The molecule has 1 aliphatic heterocycles. The van der Waals surface area contributed by atoms with Crippen LogP contribution in [-0.4, -0.2) is 17.1 Å². The summed E-state index contributed by atoms with van der Waals surface area (Å²) in [4.78, 5) is 11.9. The first-order valence-corrected chi connectivity index (χ1v) is 6.17. The fourth-order valence-corrected chi connectivity index (χ4v) is 2.14. The number of nitrogens with one attached hydrogen (secondary N) is 1. The fraction of sp³-hybridized carbons (Fsp3) is 0.133. The van der Waals surface area contributed by atoms with Crippen LogP contribution in [0.15, 0.2) is 42.5 Å². The van der Waals surface area contributed by atoms with Gasteiger partial charge in [0.05, 0.1) is 5.69 Å². The van der Waals surface area contributed by atoms with Gasteiger partial charge >= 0.3 is 0 Å². The zero-order valence-electron chi connectivity index (χ0n) is 10.5. The number of benzene rings is 2. The molecule has 20 heavy (non-hydrogen) atoms. The second kappa shape index (κ2) is 4.85. The van der Waals surface area contributed by atoms with Gasteiger partial charge < -0.3 is 15.2 Å². The first-order valence-electron chi connectivity index (χ1n) is 6.17. The number of anilines is 1. The number of phenolic OH excluding ortho intramolecular Hbond substituents is 1. The number of fused-ring (bicyclic) bond motifs is 1. The molecule has 0 saturated carbocycles. The summed E-state index contributed by atoms with van der Waals surface area (Å²) >= 11 is 0. The highest BCUT2D eigenvalue weighted by atomic mass is 19.1. The Labute approximate surface area is 114 Å². The number of phenols is 1. The van der Waals surface area contributed by atoms with E-state index in [1.54, 1.807) is 24.3 Å². The van der Waals surface area contributed by atoms with Gasteiger partial charge in [-0.25, -0.2) is 4.39 Å². The van der Waals surface area contributed by atoms with Crippen molar-refractivity contribution in [3.05, 3.63) is 53.8 Å². The molecular formula is C15H12FNO3. The second-order valence-electron chi connectivity index (χ2n) is 4.57. The van der Waals surface area contributed by atoms with E-state index in [1.165, 1.54) is 18.2 Å². The molecule has 3 rings (SSSR count). The van der Waals surface area contributed by atoms with Gasteiger partial charge in [0, 0.05) is 12.5 Å². The van der Waals surface area contributed by atoms with Crippen LogP contribution in [0, 0.1) is 5.82 Å². The molecule has 0 bridgehead atoms. The highest BCUT2D eigenvalue weighted by molar-refractivity contribution is 5.98. The van der Waals surface area contributed by atoms with Crippen molar-refractivity contribution in [2.24, 2.45) is 0 Å². The fourth-order valence-electron chi connectivity index (χ4n) is 2.14. The molecule has 1 unspecified atom stereocenters. The van der Waals surface area contributed by atoms with Crippen molar-refractivity contribution in [3.63, 3.8) is 0 Å². The Morgan fingerprint density at radius 2 is 2.05 bits per heavy atom. The van der Waals surface area contributed by atoms with Gasteiger partial charge in [-0.05, 0) is 23.8 Å². The van der Waals surface area contributed by atoms with Gasteiger partial charge in [0.1, 0.15) is 17.3 Å². The summed E-state index contributed by atoms with van der Waals surface area (Å²) in [5, 5.41) is 12.0. The Kier molecular flexibility index (Phi) is 3.02. The van der Waals surface area contributed by atoms with Gasteiger partial charge in [-0.1, -0.05) is 18.2 Å². The summed E-state index contributed by atoms with van der Waals surface area (Å²) in [6.45, 7) is 0. The average Bonchev–Trinajstić information content (AvgIpc) is 2.42. The number of aromatic hydroxyl groups is 1. The predicted octanol–water partition coefficient (Wildman–Crippen LogP) is 2.47. The van der Waals surface area contributed by atoms with Gasteiger partial charge in [0.25, 0.3) is 5.91 Å². The van der Waals surface area contributed by atoms with Gasteiger partial charge in [0.15, 0.2) is 6.10 Å². The molecular weight excluding hydrogens is 261 g/mol. The third-order valence-corrected chi connectivity index (χ3v) is 3.15. The maximum atomic E-state index is 13.6. The summed E-state index contributed by atoms with van der Waals surface area (Å²) in [5.41, 5.74) is 0.842. The summed E-state index contributed by atoms with van der Waals surface area (Å²) in [7, 11) is 0. The van der Waals surface area contributed by atoms with Gasteiger partial charge in [-0.15, -0.1) is 0 Å². The largest absolute Gasteiger partial charge is 0.508 e. The van der Waals surface area contributed by atoms with Gasteiger partial charge in [0.2, 0.25) is 0 Å². The van der Waals surface area contributed by atoms with Crippen molar-refractivity contribution in [2.45, 2.75) is 12.5 Å². The molecule has 1 atom stereocenters. The number of rotatable bonds is 2. The van der Waals surface area contributed by atoms with E-state index in [1.807, 2.05) is 0 Å². The minimum Gasteiger partial charge on any atom is -0.508 e. The van der Waals surface area contributed by atoms with E-state index in [2.05, 4.69) is 5.32 Å². The summed E-state index contributed by atoms with van der Waals surface area (Å²) in [5.74, 6) is -0.212. The summed E-state index contributed by atoms with van der Waals surface area (Å²) in [6, 6.07) is 10.7. The molecule has 2 N–H and O–H groups in total. The molecule has 0 radical (unpaired) electrons. The Hall–Kier alpha value is -2.56. The first kappa shape index (κ1) is 12.5. The van der Waals surface area contributed by atoms with Crippen molar-refractivity contribution < 1.29 is 19.0 Å². The van der Waals surface area contributed by atoms with Crippen LogP contribution in [0.1, 0.15) is 5.56 Å². The standard InChI is InChI=1S/C15H12FNO3/c16-11-4-2-1-3-9(11)7-14-15(19)17-12-8-10(18)5-6-13(12)20-14/h1-6,8,14,18H,7H2,(H,17,19). The quantitative estimate of drug-likeness (QED) is 0.883. The molecule has 2 aromatic rings. The highest BCUT2D eigenvalue weighted by Crippen LogP contribution is 2.33. The summed E-state index contributed by atoms with van der Waals surface area (Å²) in [6.07, 6.45) is -0.636. The number of hydrogen-bond donors (Lipinski definition) is 2. The normalized spacial score (nSPS) is 17.1. The molecule has 102 valence electrons. The van der Waals surface area contributed by atoms with E-state index in [-0.39, 0.29) is 23.9 Å². The van der Waals surface area contributed by atoms with Crippen molar-refractivity contribution >= 4 is 11.6 Å². The molecule has 0 aliphatic carbocycles. The molecule has 5 heteroatoms. The zero-order valence-corrected chi connectivity index (χ0v) is 10.5. The molecule has 0 spiro atoms. The predicted molar refractivity (Wildman–Crippen MR) is 71.3 cm³/mol. The smallest absolute Gasteiger partial charge is 0.265 e. The Bertz CT molecular complexity index is 672. The van der Waals surface area contributed by atoms with Crippen molar-refractivity contribution in [1.82, 2.24) is 0 Å². The van der Waals surface area contributed by atoms with Crippen LogP contribution in [0.5, 0.6) is 11.5 Å². The van der Waals surface area contributed by atoms with E-state index in [0.717, 1.165) is 0 Å². The number of carbonyl (C=O) groups is 1. The van der Waals surface area contributed by atoms with Crippen molar-refractivity contribution in [1.29, 1.82) is 0 Å². The lowest BCUT2D eigenvalue weighted by Gasteiger charge is -2.26. The Morgan fingerprint density at radius 3 is 2.85 bits per heavy atom. The van der Waals surface area contributed by atoms with E-state index < -0.39 is 6.10 Å². The number of amides is 1. The number of hydrogen-bond acceptors (Lipinski definition) is 3. The molecule has 1 aliphatic rings. The molecule has 1 amide bonds. The third-order valence-electron chi connectivity index (χ3n) is 3.15.